The molecule has 0 bridgehead atoms. The van der Waals surface area contributed by atoms with Crippen molar-refractivity contribution in [1.29, 1.82) is 0 Å². The van der Waals surface area contributed by atoms with Crippen molar-refractivity contribution in [3.63, 3.8) is 0 Å². The molecule has 0 aliphatic carbocycles. The van der Waals surface area contributed by atoms with E-state index in [9.17, 15) is 4.79 Å². The molecule has 4 nitrogen and oxygen atoms in total. The number of nitrogens with one attached hydrogen (secondary N) is 1. The Morgan fingerprint density at radius 1 is 1.39 bits per heavy atom. The number of fused-ring (bicyclic) bond motifs is 1. The van der Waals surface area contributed by atoms with Crippen LogP contribution < -0.4 is 5.32 Å². The number of thiazole rings is 1. The van der Waals surface area contributed by atoms with Crippen molar-refractivity contribution in [1.82, 2.24) is 15.2 Å². The highest BCUT2D eigenvalue weighted by atomic mass is 35.5. The molecule has 3 heterocycles. The minimum atomic E-state index is 0. The zero-order valence-corrected chi connectivity index (χ0v) is 12.3. The van der Waals surface area contributed by atoms with Crippen LogP contribution in [0, 0.1) is 11.8 Å². The third kappa shape index (κ3) is 2.96. The number of aromatic nitrogens is 1. The van der Waals surface area contributed by atoms with Gasteiger partial charge >= 0.3 is 0 Å². The summed E-state index contributed by atoms with van der Waals surface area (Å²) in [5, 5.41) is 5.24. The molecule has 3 rings (SSSR count). The number of nitrogens with zero attached hydrogens (tertiary/aromatic N) is 2. The first-order chi connectivity index (χ1) is 7.84. The number of piperidine rings is 1. The van der Waals surface area contributed by atoms with Crippen LogP contribution in [0.25, 0.3) is 0 Å². The lowest BCUT2D eigenvalue weighted by atomic mass is 9.88. The van der Waals surface area contributed by atoms with Gasteiger partial charge in [-0.1, -0.05) is 0 Å². The van der Waals surface area contributed by atoms with E-state index in [1.165, 1.54) is 11.3 Å². The predicted octanol–water partition coefficient (Wildman–Crippen LogP) is 1.67. The first kappa shape index (κ1) is 15.7. The molecular weight excluding hydrogens is 293 g/mol. The molecule has 2 unspecified atom stereocenters. The monoisotopic (exact) mass is 309 g/mol. The molecule has 1 aromatic rings. The van der Waals surface area contributed by atoms with Crippen LogP contribution in [0.5, 0.6) is 0 Å². The van der Waals surface area contributed by atoms with Crippen LogP contribution in [-0.4, -0.2) is 42.0 Å². The molecule has 1 aromatic heterocycles. The second-order valence-corrected chi connectivity index (χ2v) is 5.31. The average Bonchev–Trinajstić information content (AvgIpc) is 2.98. The van der Waals surface area contributed by atoms with Crippen molar-refractivity contribution in [3.05, 3.63) is 16.6 Å². The highest BCUT2D eigenvalue weighted by molar-refractivity contribution is 7.07. The number of carbonyl (C=O) groups is 1. The summed E-state index contributed by atoms with van der Waals surface area (Å²) in [6.45, 7) is 3.97. The van der Waals surface area contributed by atoms with Crippen LogP contribution in [0.2, 0.25) is 0 Å². The average molecular weight is 310 g/mol. The van der Waals surface area contributed by atoms with E-state index in [-0.39, 0.29) is 30.7 Å². The molecule has 0 spiro atoms. The van der Waals surface area contributed by atoms with E-state index in [2.05, 4.69) is 10.3 Å². The molecule has 2 aliphatic heterocycles. The largest absolute Gasteiger partial charge is 0.337 e. The second-order valence-electron chi connectivity index (χ2n) is 4.59. The number of likely N-dealkylation sites (tertiary alicyclic amines) is 1. The van der Waals surface area contributed by atoms with Gasteiger partial charge in [-0.25, -0.2) is 4.98 Å². The first-order valence-corrected chi connectivity index (χ1v) is 6.67. The normalized spacial score (nSPS) is 25.9. The van der Waals surface area contributed by atoms with Gasteiger partial charge in [0, 0.05) is 18.5 Å². The van der Waals surface area contributed by atoms with Crippen LogP contribution >= 0.6 is 36.2 Å². The minimum Gasteiger partial charge on any atom is -0.337 e. The standard InChI is InChI=1S/C11H15N3OS.2ClH/c15-11(10-6-16-7-13-10)14-2-1-8-3-12-4-9(8)5-14;;/h6-9,12H,1-5H2;2*1H. The topological polar surface area (TPSA) is 45.2 Å². The van der Waals surface area contributed by atoms with Gasteiger partial charge in [-0.15, -0.1) is 36.2 Å². The maximum atomic E-state index is 12.1. The Morgan fingerprint density at radius 2 is 2.17 bits per heavy atom. The smallest absolute Gasteiger partial charge is 0.273 e. The summed E-state index contributed by atoms with van der Waals surface area (Å²) in [6.07, 6.45) is 1.13. The van der Waals surface area contributed by atoms with Crippen LogP contribution in [0.4, 0.5) is 0 Å². The van der Waals surface area contributed by atoms with Crippen molar-refractivity contribution < 1.29 is 4.79 Å². The van der Waals surface area contributed by atoms with E-state index in [1.807, 2.05) is 10.3 Å². The maximum Gasteiger partial charge on any atom is 0.273 e. The van der Waals surface area contributed by atoms with Crippen LogP contribution in [0.1, 0.15) is 16.9 Å². The van der Waals surface area contributed by atoms with Crippen LogP contribution in [-0.2, 0) is 0 Å². The van der Waals surface area contributed by atoms with E-state index >= 15 is 0 Å². The zero-order chi connectivity index (χ0) is 11.0. The molecular formula is C11H17Cl2N3OS. The van der Waals surface area contributed by atoms with Gasteiger partial charge in [-0.3, -0.25) is 4.79 Å². The number of amides is 1. The molecule has 2 saturated heterocycles. The SMILES string of the molecule is Cl.Cl.O=C(c1cscn1)N1CCC2CNCC2C1. The third-order valence-corrected chi connectivity index (χ3v) is 4.23. The van der Waals surface area contributed by atoms with Gasteiger partial charge in [0.25, 0.3) is 5.91 Å². The van der Waals surface area contributed by atoms with Gasteiger partial charge < -0.3 is 10.2 Å². The molecule has 1 amide bonds. The van der Waals surface area contributed by atoms with E-state index in [1.54, 1.807) is 5.51 Å². The van der Waals surface area contributed by atoms with Gasteiger partial charge in [0.2, 0.25) is 0 Å². The van der Waals surface area contributed by atoms with Gasteiger partial charge in [0.15, 0.2) is 0 Å². The second kappa shape index (κ2) is 6.70. The number of hydrogen-bond donors (Lipinski definition) is 1. The fraction of sp³-hybridized carbons (Fsp3) is 0.636. The molecule has 1 N–H and O–H groups in total. The Labute approximate surface area is 123 Å². The molecule has 102 valence electrons. The highest BCUT2D eigenvalue weighted by Gasteiger charge is 2.34. The lowest BCUT2D eigenvalue weighted by Crippen LogP contribution is -2.43. The molecule has 0 aromatic carbocycles. The quantitative estimate of drug-likeness (QED) is 0.858. The van der Waals surface area contributed by atoms with Crippen molar-refractivity contribution in [2.75, 3.05) is 26.2 Å². The van der Waals surface area contributed by atoms with E-state index < -0.39 is 0 Å². The highest BCUT2D eigenvalue weighted by Crippen LogP contribution is 2.27. The fourth-order valence-electron chi connectivity index (χ4n) is 2.70. The molecule has 0 radical (unpaired) electrons. The zero-order valence-electron chi connectivity index (χ0n) is 9.87. The predicted molar refractivity (Wildman–Crippen MR) is 77.0 cm³/mol. The van der Waals surface area contributed by atoms with Crippen molar-refractivity contribution >= 4 is 42.1 Å². The molecule has 2 atom stereocenters. The van der Waals surface area contributed by atoms with Gasteiger partial charge in [0.1, 0.15) is 5.69 Å². The molecule has 2 fully saturated rings. The number of carbonyl (C=O) groups excluding carboxylic acids is 1. The van der Waals surface area contributed by atoms with E-state index in [0.717, 1.165) is 38.5 Å². The summed E-state index contributed by atoms with van der Waals surface area (Å²) in [4.78, 5) is 18.1. The van der Waals surface area contributed by atoms with Crippen molar-refractivity contribution in [3.8, 4) is 0 Å². The Balaban J connectivity index is 0.000000810. The van der Waals surface area contributed by atoms with Crippen molar-refractivity contribution in [2.24, 2.45) is 11.8 Å². The maximum absolute atomic E-state index is 12.1. The molecule has 2 aliphatic rings. The number of halogens is 2. The van der Waals surface area contributed by atoms with Gasteiger partial charge in [-0.05, 0) is 31.3 Å². The Kier molecular flexibility index (Phi) is 5.85. The summed E-state index contributed by atoms with van der Waals surface area (Å²) in [7, 11) is 0. The Morgan fingerprint density at radius 3 is 2.89 bits per heavy atom. The molecule has 18 heavy (non-hydrogen) atoms. The fourth-order valence-corrected chi connectivity index (χ4v) is 3.23. The van der Waals surface area contributed by atoms with Crippen LogP contribution in [0.15, 0.2) is 10.9 Å². The summed E-state index contributed by atoms with van der Waals surface area (Å²) in [5.41, 5.74) is 2.33. The van der Waals surface area contributed by atoms with E-state index in [0.29, 0.717) is 11.6 Å². The van der Waals surface area contributed by atoms with Gasteiger partial charge in [-0.2, -0.15) is 0 Å². The first-order valence-electron chi connectivity index (χ1n) is 5.73. The number of hydrogen-bond acceptors (Lipinski definition) is 4. The molecule has 7 heteroatoms. The third-order valence-electron chi connectivity index (χ3n) is 3.64. The van der Waals surface area contributed by atoms with Gasteiger partial charge in [0.05, 0.1) is 5.51 Å². The Bertz CT molecular complexity index is 388. The summed E-state index contributed by atoms with van der Waals surface area (Å²) in [5.74, 6) is 1.53. The Hall–Kier alpha value is -0.360. The lowest BCUT2D eigenvalue weighted by Gasteiger charge is -2.34. The van der Waals surface area contributed by atoms with E-state index in [4.69, 9.17) is 0 Å². The van der Waals surface area contributed by atoms with Crippen molar-refractivity contribution in [2.45, 2.75) is 6.42 Å². The minimum absolute atomic E-state index is 0. The van der Waals surface area contributed by atoms with Crippen LogP contribution in [0.3, 0.4) is 0 Å². The summed E-state index contributed by atoms with van der Waals surface area (Å²) in [6, 6.07) is 0. The lowest BCUT2D eigenvalue weighted by molar-refractivity contribution is 0.0637. The summed E-state index contributed by atoms with van der Waals surface area (Å²) < 4.78 is 0. The number of rotatable bonds is 1. The molecule has 0 saturated carbocycles. The summed E-state index contributed by atoms with van der Waals surface area (Å²) >= 11 is 1.48.